The van der Waals surface area contributed by atoms with E-state index in [4.69, 9.17) is 24.2 Å². The Labute approximate surface area is 210 Å². The maximum atomic E-state index is 12.5. The Balaban J connectivity index is 1.35. The van der Waals surface area contributed by atoms with Gasteiger partial charge >= 0.3 is 6.09 Å². The van der Waals surface area contributed by atoms with Gasteiger partial charge in [-0.2, -0.15) is 4.89 Å². The average Bonchev–Trinajstić information content (AvgIpc) is 3.47. The van der Waals surface area contributed by atoms with Crippen LogP contribution in [0.2, 0.25) is 0 Å². The van der Waals surface area contributed by atoms with Crippen molar-refractivity contribution in [3.05, 3.63) is 40.1 Å². The molecule has 35 heavy (non-hydrogen) atoms. The SMILES string of the molecule is CC(C)(C)OC(=O)N1CCC(Oc2cc(N3CCCC3)ccc2C2=Nc3ccsc3COO2)CC1. The molecular weight excluding hydrogens is 466 g/mol. The lowest BCUT2D eigenvalue weighted by molar-refractivity contribution is -0.230. The third-order valence-corrected chi connectivity index (χ3v) is 7.21. The number of nitrogens with zero attached hydrogens (tertiary/aromatic N) is 3. The maximum Gasteiger partial charge on any atom is 0.410 e. The van der Waals surface area contributed by atoms with Gasteiger partial charge in [0.25, 0.3) is 5.90 Å². The van der Waals surface area contributed by atoms with E-state index in [1.165, 1.54) is 12.8 Å². The van der Waals surface area contributed by atoms with Crippen LogP contribution in [0.5, 0.6) is 5.75 Å². The highest BCUT2D eigenvalue weighted by Gasteiger charge is 2.29. The number of benzene rings is 1. The second kappa shape index (κ2) is 10.1. The minimum Gasteiger partial charge on any atom is -0.489 e. The first-order valence-corrected chi connectivity index (χ1v) is 13.2. The van der Waals surface area contributed by atoms with Crippen molar-refractivity contribution in [3.63, 3.8) is 0 Å². The average molecular weight is 500 g/mol. The van der Waals surface area contributed by atoms with E-state index >= 15 is 0 Å². The zero-order valence-corrected chi connectivity index (χ0v) is 21.4. The molecule has 3 aliphatic heterocycles. The molecule has 2 aromatic rings. The zero-order valence-electron chi connectivity index (χ0n) is 20.6. The molecule has 5 rings (SSSR count). The Morgan fingerprint density at radius 3 is 2.63 bits per heavy atom. The van der Waals surface area contributed by atoms with Crippen molar-refractivity contribution in [1.82, 2.24) is 4.90 Å². The summed E-state index contributed by atoms with van der Waals surface area (Å²) in [5.74, 6) is 1.13. The minimum atomic E-state index is -0.501. The number of likely N-dealkylation sites (tertiary alicyclic amines) is 1. The summed E-state index contributed by atoms with van der Waals surface area (Å²) >= 11 is 1.60. The number of thiophene rings is 1. The lowest BCUT2D eigenvalue weighted by Gasteiger charge is -2.34. The fraction of sp³-hybridized carbons (Fsp3) is 0.538. The second-order valence-corrected chi connectivity index (χ2v) is 11.2. The first-order valence-electron chi connectivity index (χ1n) is 12.3. The Kier molecular flexibility index (Phi) is 6.88. The number of hydrogen-bond donors (Lipinski definition) is 0. The van der Waals surface area contributed by atoms with E-state index in [0.29, 0.717) is 25.6 Å². The van der Waals surface area contributed by atoms with Gasteiger partial charge in [0.15, 0.2) is 0 Å². The van der Waals surface area contributed by atoms with Crippen LogP contribution in [0.15, 0.2) is 34.6 Å². The van der Waals surface area contributed by atoms with Crippen LogP contribution in [0.4, 0.5) is 16.2 Å². The topological polar surface area (TPSA) is 72.8 Å². The van der Waals surface area contributed by atoms with Crippen molar-refractivity contribution in [3.8, 4) is 5.75 Å². The van der Waals surface area contributed by atoms with Crippen LogP contribution in [-0.4, -0.2) is 54.8 Å². The summed E-state index contributed by atoms with van der Waals surface area (Å²) in [4.78, 5) is 33.4. The summed E-state index contributed by atoms with van der Waals surface area (Å²) in [7, 11) is 0. The molecule has 1 aromatic carbocycles. The van der Waals surface area contributed by atoms with Gasteiger partial charge in [-0.3, -0.25) is 0 Å². The fourth-order valence-electron chi connectivity index (χ4n) is 4.53. The summed E-state index contributed by atoms with van der Waals surface area (Å²) in [5, 5.41) is 2.01. The van der Waals surface area contributed by atoms with Crippen LogP contribution < -0.4 is 9.64 Å². The highest BCUT2D eigenvalue weighted by Crippen LogP contribution is 2.34. The van der Waals surface area contributed by atoms with Crippen LogP contribution in [0.1, 0.15) is 56.9 Å². The van der Waals surface area contributed by atoms with Crippen LogP contribution in [-0.2, 0) is 21.1 Å². The Morgan fingerprint density at radius 2 is 1.89 bits per heavy atom. The van der Waals surface area contributed by atoms with Crippen molar-refractivity contribution in [1.29, 1.82) is 0 Å². The first kappa shape index (κ1) is 23.9. The van der Waals surface area contributed by atoms with Crippen molar-refractivity contribution in [2.45, 2.75) is 64.8 Å². The molecule has 0 spiro atoms. The van der Waals surface area contributed by atoms with Crippen LogP contribution >= 0.6 is 11.3 Å². The number of rotatable bonds is 4. The van der Waals surface area contributed by atoms with Crippen LogP contribution in [0.3, 0.4) is 0 Å². The van der Waals surface area contributed by atoms with Crippen LogP contribution in [0, 0.1) is 0 Å². The largest absolute Gasteiger partial charge is 0.489 e. The molecule has 9 heteroatoms. The maximum absolute atomic E-state index is 12.5. The van der Waals surface area contributed by atoms with E-state index in [1.807, 2.05) is 38.3 Å². The lowest BCUT2D eigenvalue weighted by atomic mass is 10.1. The number of hydrogen-bond acceptors (Lipinski definition) is 8. The fourth-order valence-corrected chi connectivity index (χ4v) is 5.24. The number of anilines is 1. The van der Waals surface area contributed by atoms with Crippen molar-refractivity contribution < 1.29 is 24.0 Å². The Bertz CT molecular complexity index is 1080. The third kappa shape index (κ3) is 5.73. The summed E-state index contributed by atoms with van der Waals surface area (Å²) in [5.41, 5.74) is 2.27. The quantitative estimate of drug-likeness (QED) is 0.505. The molecule has 1 aromatic heterocycles. The number of piperidine rings is 1. The van der Waals surface area contributed by atoms with Gasteiger partial charge in [-0.25, -0.2) is 9.79 Å². The van der Waals surface area contributed by atoms with Gasteiger partial charge in [-0.1, -0.05) is 0 Å². The number of ether oxygens (including phenoxy) is 2. The summed E-state index contributed by atoms with van der Waals surface area (Å²) in [6, 6.07) is 8.18. The van der Waals surface area contributed by atoms with E-state index in [0.717, 1.165) is 53.5 Å². The number of carbonyl (C=O) groups excluding carboxylic acids is 1. The predicted molar refractivity (Wildman–Crippen MR) is 136 cm³/mol. The molecule has 2 fully saturated rings. The van der Waals surface area contributed by atoms with E-state index in [1.54, 1.807) is 16.2 Å². The molecule has 1 amide bonds. The molecule has 0 saturated carbocycles. The molecule has 4 heterocycles. The second-order valence-electron chi connectivity index (χ2n) is 10.2. The molecule has 3 aliphatic rings. The first-order chi connectivity index (χ1) is 16.9. The van der Waals surface area contributed by atoms with Gasteiger partial charge in [0.05, 0.1) is 16.1 Å². The van der Waals surface area contributed by atoms with Gasteiger partial charge in [-0.05, 0) is 57.2 Å². The van der Waals surface area contributed by atoms with Gasteiger partial charge in [0, 0.05) is 50.8 Å². The van der Waals surface area contributed by atoms with E-state index in [9.17, 15) is 4.79 Å². The molecule has 188 valence electrons. The monoisotopic (exact) mass is 499 g/mol. The predicted octanol–water partition coefficient (Wildman–Crippen LogP) is 5.67. The third-order valence-electron chi connectivity index (χ3n) is 6.33. The van der Waals surface area contributed by atoms with Gasteiger partial charge < -0.3 is 24.2 Å². The van der Waals surface area contributed by atoms with Gasteiger partial charge in [0.2, 0.25) is 0 Å². The minimum absolute atomic E-state index is 0.0229. The van der Waals surface area contributed by atoms with Crippen molar-refractivity contribution in [2.75, 3.05) is 31.1 Å². The Hall–Kier alpha value is -2.78. The van der Waals surface area contributed by atoms with Gasteiger partial charge in [0.1, 0.15) is 24.1 Å². The summed E-state index contributed by atoms with van der Waals surface area (Å²) in [6.07, 6.45) is 3.57. The van der Waals surface area contributed by atoms with Crippen molar-refractivity contribution in [2.24, 2.45) is 4.99 Å². The summed E-state index contributed by atoms with van der Waals surface area (Å²) in [6.45, 7) is 9.31. The molecule has 2 saturated heterocycles. The highest BCUT2D eigenvalue weighted by atomic mass is 32.1. The van der Waals surface area contributed by atoms with E-state index in [-0.39, 0.29) is 12.2 Å². The molecule has 0 bridgehead atoms. The highest BCUT2D eigenvalue weighted by molar-refractivity contribution is 7.10. The molecule has 8 nitrogen and oxygen atoms in total. The number of fused-ring (bicyclic) bond motifs is 1. The van der Waals surface area contributed by atoms with Crippen LogP contribution in [0.25, 0.3) is 0 Å². The molecule has 0 aliphatic carbocycles. The molecule has 0 N–H and O–H groups in total. The molecule has 0 atom stereocenters. The normalized spacial score (nSPS) is 19.0. The number of amides is 1. The standard InChI is InChI=1S/C26H33N3O5S/c1-26(2,3)33-25(30)29-13-8-19(9-14-29)32-22-16-18(28-11-4-5-12-28)6-7-20(22)24-27-21-10-15-35-23(21)17-31-34-24/h6-7,10,15-16,19H,4-5,8-9,11-14,17H2,1-3H3. The zero-order chi connectivity index (χ0) is 24.4. The lowest BCUT2D eigenvalue weighted by Crippen LogP contribution is -2.44. The van der Waals surface area contributed by atoms with E-state index in [2.05, 4.69) is 17.0 Å². The molecule has 0 unspecified atom stereocenters. The molecule has 0 radical (unpaired) electrons. The smallest absolute Gasteiger partial charge is 0.410 e. The number of carbonyl (C=O) groups is 1. The molecular formula is C26H33N3O5S. The van der Waals surface area contributed by atoms with Crippen molar-refractivity contribution >= 4 is 34.7 Å². The van der Waals surface area contributed by atoms with Gasteiger partial charge in [-0.15, -0.1) is 11.3 Å². The summed E-state index contributed by atoms with van der Waals surface area (Å²) < 4.78 is 12.1. The Morgan fingerprint density at radius 1 is 1.11 bits per heavy atom. The number of aliphatic imine (C=N–C) groups is 1. The van der Waals surface area contributed by atoms with E-state index < -0.39 is 5.60 Å².